The molecule has 0 radical (unpaired) electrons. The lowest BCUT2D eigenvalue weighted by atomic mass is 10.1. The van der Waals surface area contributed by atoms with Gasteiger partial charge in [0.25, 0.3) is 12.1 Å². The third-order valence-electron chi connectivity index (χ3n) is 3.83. The first-order valence-electron chi connectivity index (χ1n) is 8.66. The number of nitro benzene ring substituents is 1. The fraction of sp³-hybridized carbons (Fsp3) is 0.263. The summed E-state index contributed by atoms with van der Waals surface area (Å²) in [6.07, 6.45) is -4.45. The maximum Gasteiger partial charge on any atom is 0.347 e. The zero-order chi connectivity index (χ0) is 23.3. The smallest absolute Gasteiger partial charge is 0.347 e. The van der Waals surface area contributed by atoms with Crippen LogP contribution in [-0.4, -0.2) is 29.6 Å². The highest BCUT2D eigenvalue weighted by Crippen LogP contribution is 2.37. The Morgan fingerprint density at radius 3 is 2.48 bits per heavy atom. The number of esters is 2. The average molecular weight is 462 g/mol. The zero-order valence-corrected chi connectivity index (χ0v) is 16.8. The van der Waals surface area contributed by atoms with Crippen molar-refractivity contribution in [2.75, 3.05) is 6.61 Å². The van der Waals surface area contributed by atoms with Crippen LogP contribution in [0.1, 0.15) is 36.2 Å². The normalized spacial score (nSPS) is 11.7. The SMILES string of the molecule is CCOC(=O)C(C)OC(=O)c1cc(Oc2ccc(C(F)F)c(F)c2Cl)ccc1[N+](=O)[O-]. The summed E-state index contributed by atoms with van der Waals surface area (Å²) in [7, 11) is 0. The van der Waals surface area contributed by atoms with Gasteiger partial charge in [-0.05, 0) is 32.0 Å². The number of benzene rings is 2. The Kier molecular flexibility index (Phi) is 7.81. The maximum atomic E-state index is 14.0. The quantitative estimate of drug-likeness (QED) is 0.301. The molecule has 166 valence electrons. The number of nitro groups is 1. The van der Waals surface area contributed by atoms with Crippen LogP contribution in [0.3, 0.4) is 0 Å². The first-order chi connectivity index (χ1) is 14.6. The van der Waals surface area contributed by atoms with Crippen LogP contribution in [-0.2, 0) is 14.3 Å². The summed E-state index contributed by atoms with van der Waals surface area (Å²) in [5.74, 6) is -4.03. The summed E-state index contributed by atoms with van der Waals surface area (Å²) in [5, 5.41) is 10.5. The average Bonchev–Trinajstić information content (AvgIpc) is 2.71. The highest BCUT2D eigenvalue weighted by Gasteiger charge is 2.27. The van der Waals surface area contributed by atoms with Gasteiger partial charge in [-0.1, -0.05) is 11.6 Å². The van der Waals surface area contributed by atoms with E-state index in [9.17, 15) is 32.9 Å². The monoisotopic (exact) mass is 461 g/mol. The van der Waals surface area contributed by atoms with E-state index in [0.29, 0.717) is 0 Å². The van der Waals surface area contributed by atoms with Gasteiger partial charge in [-0.3, -0.25) is 10.1 Å². The van der Waals surface area contributed by atoms with Crippen molar-refractivity contribution in [3.63, 3.8) is 0 Å². The number of nitrogens with zero attached hydrogens (tertiary/aromatic N) is 1. The molecular weight excluding hydrogens is 447 g/mol. The van der Waals surface area contributed by atoms with E-state index in [2.05, 4.69) is 0 Å². The number of carbonyl (C=O) groups is 2. The number of hydrogen-bond acceptors (Lipinski definition) is 7. The predicted molar refractivity (Wildman–Crippen MR) is 101 cm³/mol. The summed E-state index contributed by atoms with van der Waals surface area (Å²) in [4.78, 5) is 34.4. The molecule has 0 spiro atoms. The Balaban J connectivity index is 2.36. The molecule has 0 N–H and O–H groups in total. The van der Waals surface area contributed by atoms with Gasteiger partial charge in [0.05, 0.1) is 17.1 Å². The van der Waals surface area contributed by atoms with Crippen molar-refractivity contribution in [3.8, 4) is 11.5 Å². The molecule has 1 atom stereocenters. The van der Waals surface area contributed by atoms with Gasteiger partial charge in [0.2, 0.25) is 0 Å². The largest absolute Gasteiger partial charge is 0.463 e. The van der Waals surface area contributed by atoms with Crippen molar-refractivity contribution < 1.29 is 41.9 Å². The van der Waals surface area contributed by atoms with Crippen molar-refractivity contribution in [2.45, 2.75) is 26.4 Å². The van der Waals surface area contributed by atoms with E-state index in [-0.39, 0.29) is 18.1 Å². The van der Waals surface area contributed by atoms with Crippen LogP contribution in [0.4, 0.5) is 18.9 Å². The van der Waals surface area contributed by atoms with Gasteiger partial charge in [-0.15, -0.1) is 0 Å². The molecule has 0 aliphatic rings. The number of carbonyl (C=O) groups excluding carboxylic acids is 2. The fourth-order valence-corrected chi connectivity index (χ4v) is 2.56. The highest BCUT2D eigenvalue weighted by molar-refractivity contribution is 6.32. The van der Waals surface area contributed by atoms with Crippen LogP contribution in [0.15, 0.2) is 30.3 Å². The Morgan fingerprint density at radius 2 is 1.90 bits per heavy atom. The van der Waals surface area contributed by atoms with E-state index in [1.165, 1.54) is 6.92 Å². The summed E-state index contributed by atoms with van der Waals surface area (Å²) in [6.45, 7) is 2.79. The number of hydrogen-bond donors (Lipinski definition) is 0. The van der Waals surface area contributed by atoms with Crippen molar-refractivity contribution >= 4 is 29.2 Å². The van der Waals surface area contributed by atoms with Gasteiger partial charge >= 0.3 is 11.9 Å². The molecule has 0 amide bonds. The zero-order valence-electron chi connectivity index (χ0n) is 16.1. The molecule has 0 aliphatic heterocycles. The van der Waals surface area contributed by atoms with E-state index in [0.717, 1.165) is 30.3 Å². The second kappa shape index (κ2) is 10.1. The van der Waals surface area contributed by atoms with Crippen LogP contribution in [0, 0.1) is 15.9 Å². The van der Waals surface area contributed by atoms with Gasteiger partial charge in [-0.2, -0.15) is 0 Å². The molecule has 31 heavy (non-hydrogen) atoms. The second-order valence-electron chi connectivity index (χ2n) is 5.92. The lowest BCUT2D eigenvalue weighted by molar-refractivity contribution is -0.385. The lowest BCUT2D eigenvalue weighted by Gasteiger charge is -2.13. The fourth-order valence-electron chi connectivity index (χ4n) is 2.35. The number of alkyl halides is 2. The van der Waals surface area contributed by atoms with Crippen molar-refractivity contribution in [1.29, 1.82) is 0 Å². The van der Waals surface area contributed by atoms with E-state index < -0.39 is 57.0 Å². The summed E-state index contributed by atoms with van der Waals surface area (Å²) in [6, 6.07) is 4.66. The molecule has 12 heteroatoms. The standard InChI is InChI=1S/C19H15ClF3NO7/c1-3-29-18(25)9(2)30-19(26)12-8-10(4-6-13(12)24(27)28)31-14-7-5-11(17(22)23)16(21)15(14)20/h4-9,17H,3H2,1-2H3. The molecule has 0 fully saturated rings. The van der Waals surface area contributed by atoms with E-state index in [4.69, 9.17) is 25.8 Å². The Hall–Kier alpha value is -3.34. The van der Waals surface area contributed by atoms with Gasteiger partial charge < -0.3 is 14.2 Å². The van der Waals surface area contributed by atoms with Gasteiger partial charge in [0.15, 0.2) is 11.9 Å². The molecule has 0 saturated heterocycles. The van der Waals surface area contributed by atoms with Crippen LogP contribution in [0.25, 0.3) is 0 Å². The molecule has 1 unspecified atom stereocenters. The molecule has 2 aromatic carbocycles. The third kappa shape index (κ3) is 5.63. The minimum Gasteiger partial charge on any atom is -0.463 e. The topological polar surface area (TPSA) is 105 Å². The third-order valence-corrected chi connectivity index (χ3v) is 4.18. The molecule has 0 aromatic heterocycles. The van der Waals surface area contributed by atoms with Crippen LogP contribution >= 0.6 is 11.6 Å². The summed E-state index contributed by atoms with van der Waals surface area (Å²) in [5.41, 5.74) is -2.16. The summed E-state index contributed by atoms with van der Waals surface area (Å²) < 4.78 is 54.4. The van der Waals surface area contributed by atoms with E-state index in [1.54, 1.807) is 6.92 Å². The minimum atomic E-state index is -3.10. The van der Waals surface area contributed by atoms with Gasteiger partial charge in [-0.25, -0.2) is 22.8 Å². The first kappa shape index (κ1) is 23.9. The molecular formula is C19H15ClF3NO7. The van der Waals surface area contributed by atoms with Crippen molar-refractivity contribution in [1.82, 2.24) is 0 Å². The molecule has 2 rings (SSSR count). The molecule has 8 nitrogen and oxygen atoms in total. The molecule has 2 aromatic rings. The minimum absolute atomic E-state index is 0.0336. The molecule has 0 heterocycles. The van der Waals surface area contributed by atoms with Crippen LogP contribution in [0.5, 0.6) is 11.5 Å². The number of ether oxygens (including phenoxy) is 3. The van der Waals surface area contributed by atoms with Crippen LogP contribution in [0.2, 0.25) is 5.02 Å². The molecule has 0 bridgehead atoms. The second-order valence-corrected chi connectivity index (χ2v) is 6.30. The number of rotatable bonds is 8. The Morgan fingerprint density at radius 1 is 1.23 bits per heavy atom. The van der Waals surface area contributed by atoms with E-state index >= 15 is 0 Å². The maximum absolute atomic E-state index is 14.0. The van der Waals surface area contributed by atoms with Crippen LogP contribution < -0.4 is 4.74 Å². The first-order valence-corrected chi connectivity index (χ1v) is 9.04. The summed E-state index contributed by atoms with van der Waals surface area (Å²) >= 11 is 5.73. The Bertz CT molecular complexity index is 1020. The van der Waals surface area contributed by atoms with Crippen molar-refractivity contribution in [2.24, 2.45) is 0 Å². The highest BCUT2D eigenvalue weighted by atomic mass is 35.5. The van der Waals surface area contributed by atoms with Gasteiger partial charge in [0, 0.05) is 12.1 Å². The van der Waals surface area contributed by atoms with E-state index in [1.807, 2.05) is 0 Å². The van der Waals surface area contributed by atoms with Crippen molar-refractivity contribution in [3.05, 3.63) is 62.4 Å². The lowest BCUT2D eigenvalue weighted by Crippen LogP contribution is -2.26. The number of halogens is 4. The Labute approximate surface area is 178 Å². The molecule has 0 aliphatic carbocycles. The molecule has 0 saturated carbocycles. The predicted octanol–water partition coefficient (Wildman–Crippen LogP) is 5.23. The van der Waals surface area contributed by atoms with Gasteiger partial charge in [0.1, 0.15) is 22.1 Å².